The molecule has 4 N–H and O–H groups in total. The van der Waals surface area contributed by atoms with Crippen molar-refractivity contribution in [1.82, 2.24) is 0 Å². The summed E-state index contributed by atoms with van der Waals surface area (Å²) in [7, 11) is -4.67. The lowest BCUT2D eigenvalue weighted by Gasteiger charge is -2.20. The normalized spacial score (nSPS) is 10.3. The van der Waals surface area contributed by atoms with Gasteiger partial charge in [-0.3, -0.25) is 19.8 Å². The van der Waals surface area contributed by atoms with Crippen LogP contribution in [0.2, 0.25) is 0 Å². The van der Waals surface area contributed by atoms with E-state index in [0.717, 1.165) is 18.8 Å². The van der Waals surface area contributed by atoms with Gasteiger partial charge in [-0.05, 0) is 38.1 Å². The van der Waals surface area contributed by atoms with Crippen LogP contribution in [0.5, 0.6) is 0 Å². The molecular formula is C10H18N2O5S. The smallest absolute Gasteiger partial charge is 0.372 e. The third kappa shape index (κ3) is 7.85. The zero-order valence-corrected chi connectivity index (χ0v) is 11.1. The van der Waals surface area contributed by atoms with Crippen molar-refractivity contribution in [2.45, 2.75) is 13.8 Å². The predicted molar refractivity (Wildman–Crippen MR) is 69.6 cm³/mol. The second-order valence-corrected chi connectivity index (χ2v) is 4.17. The van der Waals surface area contributed by atoms with Crippen molar-refractivity contribution >= 4 is 21.8 Å². The van der Waals surface area contributed by atoms with Crippen molar-refractivity contribution < 1.29 is 22.7 Å². The molecule has 0 saturated heterocycles. The maximum atomic E-state index is 8.74. The minimum atomic E-state index is -4.67. The number of rotatable bonds is 4. The molecule has 0 amide bonds. The largest absolute Gasteiger partial charge is 0.394 e. The van der Waals surface area contributed by atoms with E-state index in [0.29, 0.717) is 0 Å². The Morgan fingerprint density at radius 1 is 1.11 bits per heavy atom. The highest BCUT2D eigenvalue weighted by Gasteiger charge is 1.99. The van der Waals surface area contributed by atoms with Crippen LogP contribution in [0.25, 0.3) is 0 Å². The Hall–Kier alpha value is -1.35. The molecule has 0 aliphatic rings. The van der Waals surface area contributed by atoms with Gasteiger partial charge in [0.15, 0.2) is 0 Å². The van der Waals surface area contributed by atoms with Crippen LogP contribution in [0.15, 0.2) is 24.3 Å². The van der Waals surface area contributed by atoms with Gasteiger partial charge in [-0.25, -0.2) is 0 Å². The molecular weight excluding hydrogens is 260 g/mol. The maximum Gasteiger partial charge on any atom is 0.394 e. The number of nitrogens with one attached hydrogen (secondary N) is 1. The predicted octanol–water partition coefficient (Wildman–Crippen LogP) is 1.68. The van der Waals surface area contributed by atoms with Crippen molar-refractivity contribution in [3.8, 4) is 0 Å². The average Bonchev–Trinajstić information content (AvgIpc) is 2.29. The van der Waals surface area contributed by atoms with Crippen molar-refractivity contribution in [1.29, 1.82) is 0 Å². The third-order valence-corrected chi connectivity index (χ3v) is 2.12. The summed E-state index contributed by atoms with van der Waals surface area (Å²) in [6.07, 6.45) is 0. The summed E-state index contributed by atoms with van der Waals surface area (Å²) in [4.78, 5) is 2.25. The molecule has 0 unspecified atom stereocenters. The van der Waals surface area contributed by atoms with Crippen LogP contribution in [0.1, 0.15) is 13.8 Å². The highest BCUT2D eigenvalue weighted by atomic mass is 32.3. The second kappa shape index (κ2) is 7.88. The molecule has 104 valence electrons. The Bertz CT molecular complexity index is 420. The van der Waals surface area contributed by atoms with E-state index >= 15 is 0 Å². The fourth-order valence-electron chi connectivity index (χ4n) is 1.34. The molecule has 0 bridgehead atoms. The number of anilines is 2. The third-order valence-electron chi connectivity index (χ3n) is 2.12. The summed E-state index contributed by atoms with van der Waals surface area (Å²) in [5.41, 5.74) is 4.01. The number of benzene rings is 1. The molecule has 7 nitrogen and oxygen atoms in total. The zero-order valence-electron chi connectivity index (χ0n) is 10.2. The van der Waals surface area contributed by atoms with Gasteiger partial charge in [-0.2, -0.15) is 8.42 Å². The highest BCUT2D eigenvalue weighted by Crippen LogP contribution is 2.16. The Morgan fingerprint density at radius 2 is 1.50 bits per heavy atom. The van der Waals surface area contributed by atoms with Gasteiger partial charge in [-0.1, -0.05) is 0 Å². The molecule has 0 fully saturated rings. The van der Waals surface area contributed by atoms with Crippen LogP contribution in [0, 0.1) is 0 Å². The van der Waals surface area contributed by atoms with Crippen molar-refractivity contribution in [2.24, 2.45) is 0 Å². The fourth-order valence-corrected chi connectivity index (χ4v) is 1.34. The van der Waals surface area contributed by atoms with Gasteiger partial charge >= 0.3 is 10.4 Å². The molecule has 0 spiro atoms. The summed E-state index contributed by atoms with van der Waals surface area (Å²) < 4.78 is 31.6. The quantitative estimate of drug-likeness (QED) is 0.490. The maximum absolute atomic E-state index is 8.74. The summed E-state index contributed by atoms with van der Waals surface area (Å²) in [5.74, 6) is 0. The van der Waals surface area contributed by atoms with Gasteiger partial charge in [0.25, 0.3) is 0 Å². The van der Waals surface area contributed by atoms with Gasteiger partial charge in [0.1, 0.15) is 0 Å². The van der Waals surface area contributed by atoms with E-state index in [9.17, 15) is 0 Å². The molecule has 0 aliphatic carbocycles. The molecule has 0 atom stereocenters. The van der Waals surface area contributed by atoms with Crippen LogP contribution in [0.4, 0.5) is 11.4 Å². The monoisotopic (exact) mass is 278 g/mol. The van der Waals surface area contributed by atoms with Crippen molar-refractivity contribution in [3.05, 3.63) is 24.3 Å². The van der Waals surface area contributed by atoms with E-state index in [1.807, 2.05) is 24.3 Å². The van der Waals surface area contributed by atoms with Gasteiger partial charge in [0.2, 0.25) is 0 Å². The molecule has 0 radical (unpaired) electrons. The molecule has 1 aromatic rings. The first-order chi connectivity index (χ1) is 8.31. The van der Waals surface area contributed by atoms with Crippen molar-refractivity contribution in [3.63, 3.8) is 0 Å². The first-order valence-corrected chi connectivity index (χ1v) is 6.66. The Labute approximate surface area is 107 Å². The van der Waals surface area contributed by atoms with E-state index in [4.69, 9.17) is 22.7 Å². The van der Waals surface area contributed by atoms with Crippen LogP contribution in [-0.2, 0) is 10.4 Å². The zero-order chi connectivity index (χ0) is 14.2. The van der Waals surface area contributed by atoms with E-state index in [1.54, 1.807) is 0 Å². The number of hydrogen-bond donors (Lipinski definition) is 4. The first-order valence-electron chi connectivity index (χ1n) is 5.26. The SMILES string of the molecule is CCN(CC)c1ccc(NO)cc1.O=S(=O)(O)O. The number of nitrogens with zero attached hydrogens (tertiary/aromatic N) is 1. The second-order valence-electron chi connectivity index (χ2n) is 3.28. The van der Waals surface area contributed by atoms with Crippen LogP contribution >= 0.6 is 0 Å². The van der Waals surface area contributed by atoms with E-state index < -0.39 is 10.4 Å². The van der Waals surface area contributed by atoms with Crippen LogP contribution < -0.4 is 10.4 Å². The lowest BCUT2D eigenvalue weighted by atomic mass is 10.2. The standard InChI is InChI=1S/C10H16N2O.H2O4S/c1-3-12(4-2)10-7-5-9(11-13)6-8-10;1-5(2,3)4/h5-8,11,13H,3-4H2,1-2H3;(H2,1,2,3,4). The van der Waals surface area contributed by atoms with Gasteiger partial charge in [0.05, 0.1) is 5.69 Å². The Kier molecular flexibility index (Phi) is 7.29. The Balaban J connectivity index is 0.000000494. The minimum Gasteiger partial charge on any atom is -0.372 e. The molecule has 0 aliphatic heterocycles. The summed E-state index contributed by atoms with van der Waals surface area (Å²) >= 11 is 0. The van der Waals surface area contributed by atoms with E-state index in [1.165, 1.54) is 5.69 Å². The summed E-state index contributed by atoms with van der Waals surface area (Å²) in [6, 6.07) is 7.69. The molecule has 8 heteroatoms. The summed E-state index contributed by atoms with van der Waals surface area (Å²) in [6.45, 7) is 6.26. The highest BCUT2D eigenvalue weighted by molar-refractivity contribution is 7.79. The molecule has 0 saturated carbocycles. The van der Waals surface area contributed by atoms with Crippen molar-refractivity contribution in [2.75, 3.05) is 23.5 Å². The first kappa shape index (κ1) is 16.6. The molecule has 0 heterocycles. The van der Waals surface area contributed by atoms with E-state index in [2.05, 4.69) is 24.2 Å². The fraction of sp³-hybridized carbons (Fsp3) is 0.400. The minimum absolute atomic E-state index is 0.718. The average molecular weight is 278 g/mol. The van der Waals surface area contributed by atoms with Gasteiger partial charge < -0.3 is 4.90 Å². The summed E-state index contributed by atoms with van der Waals surface area (Å²) in [5, 5.41) is 8.62. The van der Waals surface area contributed by atoms with Crippen LogP contribution in [-0.4, -0.2) is 35.8 Å². The van der Waals surface area contributed by atoms with Crippen LogP contribution in [0.3, 0.4) is 0 Å². The number of hydrogen-bond acceptors (Lipinski definition) is 5. The molecule has 18 heavy (non-hydrogen) atoms. The molecule has 0 aromatic heterocycles. The van der Waals surface area contributed by atoms with Gasteiger partial charge in [0, 0.05) is 18.8 Å². The van der Waals surface area contributed by atoms with Gasteiger partial charge in [-0.15, -0.1) is 0 Å². The molecule has 1 aromatic carbocycles. The van der Waals surface area contributed by atoms with E-state index in [-0.39, 0.29) is 0 Å². The molecule has 1 rings (SSSR count). The lowest BCUT2D eigenvalue weighted by molar-refractivity contribution is 0.380. The topological polar surface area (TPSA) is 110 Å². The Morgan fingerprint density at radius 3 is 1.78 bits per heavy atom. The lowest BCUT2D eigenvalue weighted by Crippen LogP contribution is -2.21.